The summed E-state index contributed by atoms with van der Waals surface area (Å²) >= 11 is 0. The number of fused-ring (bicyclic) bond motifs is 1. The van der Waals surface area contributed by atoms with Gasteiger partial charge in [-0.05, 0) is 62.9 Å². The van der Waals surface area contributed by atoms with Crippen LogP contribution >= 0.6 is 0 Å². The molecule has 4 rings (SSSR count). The molecule has 0 amide bonds. The number of aliphatic imine (C=N–C) groups is 1. The lowest BCUT2D eigenvalue weighted by atomic mass is 9.62. The number of hydrogen-bond donors (Lipinski definition) is 0. The van der Waals surface area contributed by atoms with Gasteiger partial charge >= 0.3 is 11.9 Å². The largest absolute Gasteiger partial charge is 0.497 e. The third kappa shape index (κ3) is 4.95. The molecule has 2 aromatic rings. The third-order valence-corrected chi connectivity index (χ3v) is 7.23. The number of aryl methyl sites for hydroxylation is 1. The molecule has 1 aliphatic heterocycles. The SMILES string of the molecule is CCOC(=O)C1=C(C)N=C2C[C@H](c3cccc(OC)c3)[C@@H](C(=O)OCC)C(=O)C2[C@@H]1c1ccccc1C. The number of ketones is 1. The first-order valence-corrected chi connectivity index (χ1v) is 12.7. The standard InChI is InChI=1S/C30H33NO6/c1-6-36-29(33)24-18(4)31-23-16-22(19-12-10-13-20(15-19)35-5)26(30(34)37-7-2)28(32)27(23)25(24)21-14-9-8-11-17(21)3/h8-15,22,25-27H,6-7,16H2,1-5H3/t22-,25-,26-,27?/m1/s1. The first-order valence-electron chi connectivity index (χ1n) is 12.7. The van der Waals surface area contributed by atoms with Gasteiger partial charge in [0.05, 0.1) is 31.8 Å². The fourth-order valence-electron chi connectivity index (χ4n) is 5.61. The summed E-state index contributed by atoms with van der Waals surface area (Å²) in [4.78, 5) is 45.6. The van der Waals surface area contributed by atoms with Gasteiger partial charge in [-0.3, -0.25) is 14.6 Å². The molecule has 7 heteroatoms. The summed E-state index contributed by atoms with van der Waals surface area (Å²) in [5.41, 5.74) is 4.15. The van der Waals surface area contributed by atoms with E-state index in [0.717, 1.165) is 16.7 Å². The van der Waals surface area contributed by atoms with Crippen molar-refractivity contribution in [3.05, 3.63) is 76.5 Å². The molecule has 0 spiro atoms. The van der Waals surface area contributed by atoms with Gasteiger partial charge in [0, 0.05) is 23.2 Å². The molecule has 1 saturated carbocycles. The number of methoxy groups -OCH3 is 1. The van der Waals surface area contributed by atoms with Crippen molar-refractivity contribution < 1.29 is 28.6 Å². The molecule has 1 heterocycles. The number of Topliss-reactive ketones (excluding diaryl/α,β-unsaturated/α-hetero) is 1. The maximum atomic E-state index is 14.4. The second kappa shape index (κ2) is 11.1. The van der Waals surface area contributed by atoms with E-state index in [9.17, 15) is 14.4 Å². The van der Waals surface area contributed by atoms with Gasteiger partial charge in [-0.15, -0.1) is 0 Å². The number of nitrogens with zero attached hydrogens (tertiary/aromatic N) is 1. The molecule has 2 aromatic carbocycles. The van der Waals surface area contributed by atoms with Crippen molar-refractivity contribution in [2.24, 2.45) is 16.8 Å². The van der Waals surface area contributed by atoms with Crippen LogP contribution in [-0.4, -0.2) is 43.8 Å². The Balaban J connectivity index is 1.91. The quantitative estimate of drug-likeness (QED) is 0.393. The minimum atomic E-state index is -1.04. The second-order valence-corrected chi connectivity index (χ2v) is 9.35. The van der Waals surface area contributed by atoms with Crippen LogP contribution in [0.25, 0.3) is 0 Å². The summed E-state index contributed by atoms with van der Waals surface area (Å²) in [6.45, 7) is 7.56. The topological polar surface area (TPSA) is 91.3 Å². The van der Waals surface area contributed by atoms with E-state index < -0.39 is 35.6 Å². The highest BCUT2D eigenvalue weighted by Gasteiger charge is 2.53. The number of esters is 2. The molecule has 1 unspecified atom stereocenters. The summed E-state index contributed by atoms with van der Waals surface area (Å²) in [5, 5.41) is 0. The van der Waals surface area contributed by atoms with E-state index in [1.807, 2.05) is 55.5 Å². The summed E-state index contributed by atoms with van der Waals surface area (Å²) < 4.78 is 16.2. The van der Waals surface area contributed by atoms with Gasteiger partial charge < -0.3 is 14.2 Å². The van der Waals surface area contributed by atoms with Crippen LogP contribution in [0, 0.1) is 18.8 Å². The highest BCUT2D eigenvalue weighted by Crippen LogP contribution is 2.49. The van der Waals surface area contributed by atoms with Crippen molar-refractivity contribution >= 4 is 23.4 Å². The van der Waals surface area contributed by atoms with Crippen LogP contribution in [-0.2, 0) is 23.9 Å². The van der Waals surface area contributed by atoms with Crippen molar-refractivity contribution in [2.45, 2.75) is 46.0 Å². The fraction of sp³-hybridized carbons (Fsp3) is 0.400. The van der Waals surface area contributed by atoms with Crippen LogP contribution in [0.3, 0.4) is 0 Å². The number of carbonyl (C=O) groups excluding carboxylic acids is 3. The summed E-state index contributed by atoms with van der Waals surface area (Å²) in [5.74, 6) is -3.60. The van der Waals surface area contributed by atoms with Crippen LogP contribution in [0.4, 0.5) is 0 Å². The monoisotopic (exact) mass is 503 g/mol. The Hall–Kier alpha value is -3.74. The number of benzene rings is 2. The Kier molecular flexibility index (Phi) is 7.91. The highest BCUT2D eigenvalue weighted by atomic mass is 16.5. The molecule has 4 atom stereocenters. The molecule has 1 aliphatic carbocycles. The molecule has 194 valence electrons. The second-order valence-electron chi connectivity index (χ2n) is 9.35. The van der Waals surface area contributed by atoms with E-state index in [2.05, 4.69) is 0 Å². The lowest BCUT2D eigenvalue weighted by molar-refractivity contribution is -0.153. The van der Waals surface area contributed by atoms with Crippen LogP contribution in [0.2, 0.25) is 0 Å². The normalized spacial score (nSPS) is 23.2. The number of allylic oxidation sites excluding steroid dienone is 1. The van der Waals surface area contributed by atoms with Crippen molar-refractivity contribution in [2.75, 3.05) is 20.3 Å². The number of rotatable bonds is 7. The minimum Gasteiger partial charge on any atom is -0.497 e. The average molecular weight is 504 g/mol. The Labute approximate surface area is 217 Å². The number of carbonyl (C=O) groups is 3. The Morgan fingerprint density at radius 1 is 0.973 bits per heavy atom. The summed E-state index contributed by atoms with van der Waals surface area (Å²) in [6.07, 6.45) is 0.378. The van der Waals surface area contributed by atoms with Crippen molar-refractivity contribution in [3.8, 4) is 5.75 Å². The van der Waals surface area contributed by atoms with Crippen LogP contribution in [0.5, 0.6) is 5.75 Å². The van der Waals surface area contributed by atoms with Gasteiger partial charge in [0.2, 0.25) is 0 Å². The molecule has 0 saturated heterocycles. The summed E-state index contributed by atoms with van der Waals surface area (Å²) in [7, 11) is 1.58. The summed E-state index contributed by atoms with van der Waals surface area (Å²) in [6, 6.07) is 15.1. The first-order chi connectivity index (χ1) is 17.8. The molecule has 0 aromatic heterocycles. The predicted octanol–water partition coefficient (Wildman–Crippen LogP) is 4.93. The van der Waals surface area contributed by atoms with E-state index in [1.165, 1.54) is 0 Å². The third-order valence-electron chi connectivity index (χ3n) is 7.23. The zero-order valence-electron chi connectivity index (χ0n) is 21.9. The molecule has 2 aliphatic rings. The van der Waals surface area contributed by atoms with E-state index in [1.54, 1.807) is 27.9 Å². The van der Waals surface area contributed by atoms with Gasteiger partial charge in [0.15, 0.2) is 5.78 Å². The maximum absolute atomic E-state index is 14.4. The Bertz CT molecular complexity index is 1280. The smallest absolute Gasteiger partial charge is 0.336 e. The zero-order valence-corrected chi connectivity index (χ0v) is 21.9. The van der Waals surface area contributed by atoms with Gasteiger partial charge in [-0.25, -0.2) is 4.79 Å². The van der Waals surface area contributed by atoms with Crippen molar-refractivity contribution in [1.29, 1.82) is 0 Å². The molecule has 7 nitrogen and oxygen atoms in total. The number of hydrogen-bond acceptors (Lipinski definition) is 7. The predicted molar refractivity (Wildman–Crippen MR) is 140 cm³/mol. The lowest BCUT2D eigenvalue weighted by Gasteiger charge is -2.41. The minimum absolute atomic E-state index is 0.160. The molecule has 0 radical (unpaired) electrons. The Morgan fingerprint density at radius 3 is 2.38 bits per heavy atom. The molecular formula is C30H33NO6. The molecular weight excluding hydrogens is 470 g/mol. The van der Waals surface area contributed by atoms with Crippen LogP contribution in [0.1, 0.15) is 55.7 Å². The fourth-order valence-corrected chi connectivity index (χ4v) is 5.61. The van der Waals surface area contributed by atoms with E-state index >= 15 is 0 Å². The van der Waals surface area contributed by atoms with Gasteiger partial charge in [0.25, 0.3) is 0 Å². The molecule has 1 fully saturated rings. The van der Waals surface area contributed by atoms with Gasteiger partial charge in [0.1, 0.15) is 11.7 Å². The van der Waals surface area contributed by atoms with Crippen molar-refractivity contribution in [1.82, 2.24) is 0 Å². The van der Waals surface area contributed by atoms with Crippen LogP contribution in [0.15, 0.2) is 64.8 Å². The molecule has 0 N–H and O–H groups in total. The van der Waals surface area contributed by atoms with E-state index in [-0.39, 0.29) is 19.0 Å². The van der Waals surface area contributed by atoms with Gasteiger partial charge in [-0.1, -0.05) is 36.4 Å². The lowest BCUT2D eigenvalue weighted by Crippen LogP contribution is -2.49. The first kappa shape index (κ1) is 26.3. The highest BCUT2D eigenvalue weighted by molar-refractivity contribution is 6.17. The van der Waals surface area contributed by atoms with Gasteiger partial charge in [-0.2, -0.15) is 0 Å². The molecule has 37 heavy (non-hydrogen) atoms. The van der Waals surface area contributed by atoms with Crippen molar-refractivity contribution in [3.63, 3.8) is 0 Å². The Morgan fingerprint density at radius 2 is 1.70 bits per heavy atom. The zero-order chi connectivity index (χ0) is 26.7. The van der Waals surface area contributed by atoms with E-state index in [0.29, 0.717) is 29.2 Å². The van der Waals surface area contributed by atoms with E-state index in [4.69, 9.17) is 19.2 Å². The van der Waals surface area contributed by atoms with Crippen LogP contribution < -0.4 is 4.74 Å². The maximum Gasteiger partial charge on any atom is 0.336 e. The number of ether oxygens (including phenoxy) is 3. The molecule has 0 bridgehead atoms. The average Bonchev–Trinajstić information content (AvgIpc) is 2.88.